The fourth-order valence-corrected chi connectivity index (χ4v) is 4.89. The molecule has 0 saturated carbocycles. The fraction of sp³-hybridized carbons (Fsp3) is 0.435. The van der Waals surface area contributed by atoms with Gasteiger partial charge >= 0.3 is 5.97 Å². The summed E-state index contributed by atoms with van der Waals surface area (Å²) in [6.07, 6.45) is 10.1. The monoisotopic (exact) mass is 448 g/mol. The summed E-state index contributed by atoms with van der Waals surface area (Å²) in [4.78, 5) is 21.4. The molecule has 2 aliphatic heterocycles. The first kappa shape index (κ1) is 21.3. The normalized spacial score (nSPS) is 17.6. The van der Waals surface area contributed by atoms with Crippen molar-refractivity contribution in [3.63, 3.8) is 0 Å². The molecule has 0 bridgehead atoms. The van der Waals surface area contributed by atoms with Crippen LogP contribution in [0.4, 0.5) is 0 Å². The highest BCUT2D eigenvalue weighted by atomic mass is 16.5. The lowest BCUT2D eigenvalue weighted by Crippen LogP contribution is -2.55. The number of nitrogens with zero attached hydrogens (tertiary/aromatic N) is 8. The van der Waals surface area contributed by atoms with E-state index in [0.717, 1.165) is 52.0 Å². The number of esters is 1. The zero-order chi connectivity index (χ0) is 22.7. The van der Waals surface area contributed by atoms with Gasteiger partial charge in [0.2, 0.25) is 0 Å². The second kappa shape index (κ2) is 9.14. The lowest BCUT2D eigenvalue weighted by Gasteiger charge is -2.49. The zero-order valence-electron chi connectivity index (χ0n) is 18.7. The first-order chi connectivity index (χ1) is 16.2. The highest BCUT2D eigenvalue weighted by Gasteiger charge is 2.48. The maximum absolute atomic E-state index is 12.5. The second-order valence-electron chi connectivity index (χ2n) is 8.56. The van der Waals surface area contributed by atoms with Crippen molar-refractivity contribution in [2.75, 3.05) is 26.7 Å². The highest BCUT2D eigenvalue weighted by Crippen LogP contribution is 2.42. The molecule has 1 spiro atoms. The van der Waals surface area contributed by atoms with Crippen LogP contribution in [0.15, 0.2) is 55.3 Å². The molecule has 0 radical (unpaired) electrons. The average Bonchev–Trinajstić information content (AvgIpc) is 3.55. The number of piperidine rings is 1. The van der Waals surface area contributed by atoms with Crippen molar-refractivity contribution in [3.8, 4) is 0 Å². The van der Waals surface area contributed by atoms with E-state index >= 15 is 0 Å². The zero-order valence-corrected chi connectivity index (χ0v) is 18.7. The number of ether oxygens (including phenoxy) is 1. The number of aromatic nitrogens is 6. The maximum Gasteiger partial charge on any atom is 0.358 e. The standard InChI is InChI=1S/C23H28N8O2/c1-33-21(32)20-17-30(12-5-11-29-15-10-24-18-29)23(22-25-26-27-31(20)22)8-13-28(14-9-23)16-19-6-3-2-4-7-19/h2-4,6-7,10,15,17-18H,5,8-9,11-14,16H2,1H3. The van der Waals surface area contributed by atoms with Gasteiger partial charge in [0, 0.05) is 51.3 Å². The molecule has 33 heavy (non-hydrogen) atoms. The quantitative estimate of drug-likeness (QED) is 0.505. The largest absolute Gasteiger partial charge is 0.464 e. The second-order valence-corrected chi connectivity index (χ2v) is 8.56. The summed E-state index contributed by atoms with van der Waals surface area (Å²) in [6, 6.07) is 10.5. The van der Waals surface area contributed by atoms with Gasteiger partial charge in [-0.15, -0.1) is 5.10 Å². The Kier molecular flexibility index (Phi) is 5.91. The maximum atomic E-state index is 12.5. The first-order valence-corrected chi connectivity index (χ1v) is 11.3. The van der Waals surface area contributed by atoms with Crippen LogP contribution >= 0.6 is 0 Å². The molecule has 172 valence electrons. The summed E-state index contributed by atoms with van der Waals surface area (Å²) in [5, 5.41) is 12.5. The topological polar surface area (TPSA) is 94.2 Å². The Morgan fingerprint density at radius 1 is 1.15 bits per heavy atom. The number of rotatable bonds is 7. The third-order valence-corrected chi connectivity index (χ3v) is 6.64. The molecule has 3 aromatic rings. The summed E-state index contributed by atoms with van der Waals surface area (Å²) in [6.45, 7) is 4.37. The first-order valence-electron chi connectivity index (χ1n) is 11.3. The molecule has 1 aromatic carbocycles. The lowest BCUT2D eigenvalue weighted by atomic mass is 9.83. The van der Waals surface area contributed by atoms with E-state index < -0.39 is 5.97 Å². The van der Waals surface area contributed by atoms with Crippen molar-refractivity contribution in [3.05, 3.63) is 66.6 Å². The van der Waals surface area contributed by atoms with Gasteiger partial charge in [-0.2, -0.15) is 4.68 Å². The van der Waals surface area contributed by atoms with Crippen LogP contribution in [0.1, 0.15) is 30.7 Å². The van der Waals surface area contributed by atoms with E-state index in [0.29, 0.717) is 11.5 Å². The van der Waals surface area contributed by atoms with Crippen LogP contribution in [0, 0.1) is 0 Å². The predicted molar refractivity (Wildman–Crippen MR) is 120 cm³/mol. The van der Waals surface area contributed by atoms with Gasteiger partial charge in [-0.05, 0) is 35.3 Å². The summed E-state index contributed by atoms with van der Waals surface area (Å²) in [7, 11) is 1.38. The van der Waals surface area contributed by atoms with Gasteiger partial charge in [-0.1, -0.05) is 30.3 Å². The molecule has 0 amide bonds. The van der Waals surface area contributed by atoms with Crippen LogP contribution in [-0.4, -0.2) is 72.3 Å². The van der Waals surface area contributed by atoms with Crippen LogP contribution in [0.3, 0.4) is 0 Å². The number of carbonyl (C=O) groups is 1. The van der Waals surface area contributed by atoms with Crippen LogP contribution < -0.4 is 0 Å². The third-order valence-electron chi connectivity index (χ3n) is 6.64. The number of likely N-dealkylation sites (tertiary alicyclic amines) is 1. The Labute approximate surface area is 192 Å². The number of hydrogen-bond acceptors (Lipinski definition) is 8. The fourth-order valence-electron chi connectivity index (χ4n) is 4.89. The van der Waals surface area contributed by atoms with E-state index in [4.69, 9.17) is 4.74 Å². The van der Waals surface area contributed by atoms with E-state index in [-0.39, 0.29) is 5.54 Å². The number of aryl methyl sites for hydroxylation is 1. The van der Waals surface area contributed by atoms with E-state index in [1.807, 2.05) is 24.8 Å². The molecule has 5 rings (SSSR count). The molecule has 0 N–H and O–H groups in total. The Morgan fingerprint density at radius 3 is 2.70 bits per heavy atom. The molecule has 2 aliphatic rings. The number of carbonyl (C=O) groups excluding carboxylic acids is 1. The van der Waals surface area contributed by atoms with E-state index in [1.165, 1.54) is 12.7 Å². The molecule has 1 fully saturated rings. The van der Waals surface area contributed by atoms with Crippen molar-refractivity contribution < 1.29 is 9.53 Å². The number of fused-ring (bicyclic) bond motifs is 2. The molecule has 0 unspecified atom stereocenters. The van der Waals surface area contributed by atoms with Crippen LogP contribution in [-0.2, 0) is 28.2 Å². The van der Waals surface area contributed by atoms with Gasteiger partial charge in [0.15, 0.2) is 11.5 Å². The van der Waals surface area contributed by atoms with Crippen molar-refractivity contribution in [1.82, 2.24) is 39.6 Å². The van der Waals surface area contributed by atoms with Crippen molar-refractivity contribution in [2.24, 2.45) is 0 Å². The average molecular weight is 449 g/mol. The van der Waals surface area contributed by atoms with Gasteiger partial charge in [0.25, 0.3) is 0 Å². The predicted octanol–water partition coefficient (Wildman–Crippen LogP) is 1.74. The number of tetrazole rings is 1. The molecule has 4 heterocycles. The Bertz CT molecular complexity index is 1100. The number of methoxy groups -OCH3 is 1. The van der Waals surface area contributed by atoms with E-state index in [9.17, 15) is 4.79 Å². The minimum atomic E-state index is -0.445. The molecule has 0 atom stereocenters. The summed E-state index contributed by atoms with van der Waals surface area (Å²) in [5.74, 6) is 0.270. The molecule has 2 aromatic heterocycles. The minimum absolute atomic E-state index is 0.345. The van der Waals surface area contributed by atoms with Gasteiger partial charge in [-0.25, -0.2) is 9.78 Å². The van der Waals surface area contributed by atoms with Crippen molar-refractivity contribution in [1.29, 1.82) is 0 Å². The molecule has 10 heteroatoms. The Hall–Kier alpha value is -3.53. The molecule has 1 saturated heterocycles. The van der Waals surface area contributed by atoms with Crippen LogP contribution in [0.2, 0.25) is 0 Å². The smallest absolute Gasteiger partial charge is 0.358 e. The van der Waals surface area contributed by atoms with Gasteiger partial charge < -0.3 is 14.2 Å². The molecular formula is C23H28N8O2. The molecule has 10 nitrogen and oxygen atoms in total. The van der Waals surface area contributed by atoms with E-state index in [2.05, 4.69) is 59.1 Å². The SMILES string of the molecule is COC(=O)C1=CN(CCCn2ccnc2)C2(CCN(Cc3ccccc3)CC2)c2nnnn21. The summed E-state index contributed by atoms with van der Waals surface area (Å²) < 4.78 is 8.64. The van der Waals surface area contributed by atoms with E-state index in [1.54, 1.807) is 10.9 Å². The number of hydrogen-bond donors (Lipinski definition) is 0. The van der Waals surface area contributed by atoms with Crippen molar-refractivity contribution >= 4 is 11.7 Å². The summed E-state index contributed by atoms with van der Waals surface area (Å²) >= 11 is 0. The highest BCUT2D eigenvalue weighted by molar-refractivity contribution is 6.09. The lowest BCUT2D eigenvalue weighted by molar-refractivity contribution is -0.134. The van der Waals surface area contributed by atoms with Gasteiger partial charge in [-0.3, -0.25) is 4.90 Å². The summed E-state index contributed by atoms with van der Waals surface area (Å²) in [5.41, 5.74) is 1.30. The number of benzene rings is 1. The Morgan fingerprint density at radius 2 is 1.97 bits per heavy atom. The van der Waals surface area contributed by atoms with Crippen LogP contribution in [0.25, 0.3) is 5.70 Å². The van der Waals surface area contributed by atoms with Crippen LogP contribution in [0.5, 0.6) is 0 Å². The van der Waals surface area contributed by atoms with Gasteiger partial charge in [0.1, 0.15) is 5.54 Å². The molecule has 0 aliphatic carbocycles. The molecular weight excluding hydrogens is 420 g/mol. The third kappa shape index (κ3) is 4.13. The van der Waals surface area contributed by atoms with Crippen molar-refractivity contribution in [2.45, 2.75) is 37.9 Å². The van der Waals surface area contributed by atoms with Gasteiger partial charge in [0.05, 0.1) is 13.4 Å². The Balaban J connectivity index is 1.38. The number of imidazole rings is 1. The minimum Gasteiger partial charge on any atom is -0.464 e.